The highest BCUT2D eigenvalue weighted by Crippen LogP contribution is 2.11. The number of aliphatic hydroxyl groups excluding tert-OH is 2. The van der Waals surface area contributed by atoms with Crippen molar-refractivity contribution in [1.29, 1.82) is 0 Å². The average Bonchev–Trinajstić information content (AvgIpc) is 3.44. The van der Waals surface area contributed by atoms with E-state index in [0.29, 0.717) is 11.1 Å². The lowest BCUT2D eigenvalue weighted by atomic mass is 10.0. The summed E-state index contributed by atoms with van der Waals surface area (Å²) in [5, 5.41) is 67.3. The largest absolute Gasteiger partial charge is 0.481 e. The first-order chi connectivity index (χ1) is 38.6. The lowest BCUT2D eigenvalue weighted by Crippen LogP contribution is -2.62. The summed E-state index contributed by atoms with van der Waals surface area (Å²) in [6.07, 6.45) is -6.62. The molecule has 82 heavy (non-hydrogen) atoms. The first-order valence-corrected chi connectivity index (χ1v) is 25.5. The lowest BCUT2D eigenvalue weighted by molar-refractivity contribution is -0.142. The first-order valence-electron chi connectivity index (χ1n) is 25.5. The number of carboxylic acid groups (broad SMARTS) is 3. The molecule has 32 heteroatoms. The molecule has 0 spiro atoms. The Kier molecular flexibility index (Phi) is 29.7. The average molecular weight is 1160 g/mol. The van der Waals surface area contributed by atoms with E-state index in [1.807, 2.05) is 0 Å². The van der Waals surface area contributed by atoms with Crippen LogP contribution in [0, 0.1) is 0 Å². The zero-order valence-electron chi connectivity index (χ0n) is 44.6. The van der Waals surface area contributed by atoms with Crippen LogP contribution in [0.2, 0.25) is 0 Å². The van der Waals surface area contributed by atoms with E-state index in [0.717, 1.165) is 6.92 Å². The third-order valence-electron chi connectivity index (χ3n) is 11.9. The van der Waals surface area contributed by atoms with Crippen LogP contribution < -0.4 is 71.2 Å². The van der Waals surface area contributed by atoms with Crippen LogP contribution in [0.15, 0.2) is 65.7 Å². The lowest BCUT2D eigenvalue weighted by Gasteiger charge is -2.28. The molecule has 0 aliphatic carbocycles. The van der Waals surface area contributed by atoms with Crippen molar-refractivity contribution in [3.8, 4) is 0 Å². The second-order valence-electron chi connectivity index (χ2n) is 18.7. The van der Waals surface area contributed by atoms with Gasteiger partial charge < -0.3 is 96.7 Å². The number of carbonyl (C=O) groups is 13. The van der Waals surface area contributed by atoms with Gasteiger partial charge in [0.05, 0.1) is 25.2 Å². The number of hydrogen-bond acceptors (Lipinski definition) is 17. The molecule has 0 aromatic heterocycles. The molecule has 0 aliphatic heterocycles. The van der Waals surface area contributed by atoms with Crippen LogP contribution in [0.25, 0.3) is 0 Å². The first kappa shape index (κ1) is 68.8. The number of nitrogens with two attached hydrogens (primary N) is 5. The smallest absolute Gasteiger partial charge is 0.326 e. The maximum atomic E-state index is 14.2. The van der Waals surface area contributed by atoms with Crippen LogP contribution >= 0.6 is 0 Å². The van der Waals surface area contributed by atoms with Gasteiger partial charge in [-0.2, -0.15) is 0 Å². The maximum Gasteiger partial charge on any atom is 0.326 e. The number of benzene rings is 2. The summed E-state index contributed by atoms with van der Waals surface area (Å²) in [4.78, 5) is 172. The summed E-state index contributed by atoms with van der Waals surface area (Å²) in [5.41, 5.74) is 28.1. The Bertz CT molecular complexity index is 2590. The highest BCUT2D eigenvalue weighted by molar-refractivity contribution is 5.99. The van der Waals surface area contributed by atoms with E-state index in [4.69, 9.17) is 33.8 Å². The summed E-state index contributed by atoms with van der Waals surface area (Å²) in [6.45, 7) is -0.112. The number of amides is 10. The Morgan fingerprint density at radius 1 is 0.476 bits per heavy atom. The zero-order chi connectivity index (χ0) is 61.6. The number of guanidine groups is 1. The predicted molar refractivity (Wildman–Crippen MR) is 286 cm³/mol. The number of carbonyl (C=O) groups excluding carboxylic acids is 10. The molecule has 10 amide bonds. The Morgan fingerprint density at radius 3 is 1.33 bits per heavy atom. The van der Waals surface area contributed by atoms with Gasteiger partial charge in [0, 0.05) is 38.6 Å². The van der Waals surface area contributed by atoms with Gasteiger partial charge in [0.2, 0.25) is 59.1 Å². The molecule has 23 N–H and O–H groups in total. The van der Waals surface area contributed by atoms with Crippen molar-refractivity contribution in [2.24, 2.45) is 33.7 Å². The molecule has 0 aliphatic rings. The number of primary amides is 2. The molecule has 0 unspecified atom stereocenters. The topological polar surface area (TPSA) is 562 Å². The zero-order valence-corrected chi connectivity index (χ0v) is 44.6. The normalized spacial score (nSPS) is 14.5. The minimum absolute atomic E-state index is 0.0338. The van der Waals surface area contributed by atoms with Crippen molar-refractivity contribution in [2.45, 2.75) is 138 Å². The molecule has 0 saturated heterocycles. The molecule has 32 nitrogen and oxygen atoms in total. The van der Waals surface area contributed by atoms with E-state index >= 15 is 0 Å². The van der Waals surface area contributed by atoms with Gasteiger partial charge in [-0.15, -0.1) is 0 Å². The fourth-order valence-electron chi connectivity index (χ4n) is 7.55. The van der Waals surface area contributed by atoms with E-state index in [2.05, 4.69) is 47.5 Å². The molecule has 0 radical (unpaired) electrons. The fourth-order valence-corrected chi connectivity index (χ4v) is 7.55. The van der Waals surface area contributed by atoms with Gasteiger partial charge in [-0.25, -0.2) is 4.79 Å². The number of nitrogens with one attached hydrogen (secondary N) is 8. The number of aliphatic carboxylic acids is 3. The SMILES string of the molecule is C[C@@H](O)[C@H](NC(=O)[C@H](CO)NC(=O)[C@H](CC(N)=O)NC(=O)[C@H](Cc1ccccc1)NC(=O)[C@H](CCC(N)=O)NC(=O)[C@H](CCC(=O)O)NC(=O)[C@@H](N)CCC(=O)O)C(=O)N[C@@H](Cc1ccccc1)C(=O)N[C@@H](CCCN=C(N)N)C(=O)O. The molecular weight excluding hydrogens is 1080 g/mol. The number of nitrogens with zero attached hydrogens (tertiary/aromatic N) is 1. The summed E-state index contributed by atoms with van der Waals surface area (Å²) >= 11 is 0. The Hall–Kier alpha value is -9.30. The van der Waals surface area contributed by atoms with E-state index in [1.54, 1.807) is 48.5 Å². The van der Waals surface area contributed by atoms with Crippen molar-refractivity contribution in [1.82, 2.24) is 42.5 Å². The van der Waals surface area contributed by atoms with E-state index in [1.165, 1.54) is 12.1 Å². The van der Waals surface area contributed by atoms with Crippen LogP contribution in [0.5, 0.6) is 0 Å². The molecule has 2 aromatic carbocycles. The number of hydrogen-bond donors (Lipinski definition) is 18. The van der Waals surface area contributed by atoms with Crippen molar-refractivity contribution < 1.29 is 87.9 Å². The second kappa shape index (κ2) is 35.3. The highest BCUT2D eigenvalue weighted by Gasteiger charge is 2.37. The molecule has 0 heterocycles. The van der Waals surface area contributed by atoms with Gasteiger partial charge in [-0.3, -0.25) is 62.5 Å². The number of carboxylic acids is 3. The molecule has 0 fully saturated rings. The van der Waals surface area contributed by atoms with Crippen LogP contribution in [0.4, 0.5) is 0 Å². The fraction of sp³-hybridized carbons (Fsp3) is 0.480. The van der Waals surface area contributed by atoms with Crippen molar-refractivity contribution in [3.05, 3.63) is 71.8 Å². The summed E-state index contributed by atoms with van der Waals surface area (Å²) in [7, 11) is 0. The summed E-state index contributed by atoms with van der Waals surface area (Å²) < 4.78 is 0. The highest BCUT2D eigenvalue weighted by atomic mass is 16.4. The van der Waals surface area contributed by atoms with Crippen molar-refractivity contribution >= 4 is 82.9 Å². The third-order valence-corrected chi connectivity index (χ3v) is 11.9. The molecule has 0 bridgehead atoms. The van der Waals surface area contributed by atoms with Crippen LogP contribution in [-0.2, 0) is 75.2 Å². The number of aliphatic hydroxyl groups is 2. The van der Waals surface area contributed by atoms with Crippen molar-refractivity contribution in [3.63, 3.8) is 0 Å². The van der Waals surface area contributed by atoms with Gasteiger partial charge in [-0.05, 0) is 50.2 Å². The number of aliphatic imine (C=N–C) groups is 1. The molecule has 10 atom stereocenters. The van der Waals surface area contributed by atoms with Gasteiger partial charge >= 0.3 is 17.9 Å². The van der Waals surface area contributed by atoms with Crippen LogP contribution in [0.1, 0.15) is 75.8 Å². The Morgan fingerprint density at radius 2 is 0.878 bits per heavy atom. The van der Waals surface area contributed by atoms with E-state index in [9.17, 15) is 82.8 Å². The van der Waals surface area contributed by atoms with Gasteiger partial charge in [0.1, 0.15) is 48.3 Å². The molecule has 450 valence electrons. The predicted octanol–water partition coefficient (Wildman–Crippen LogP) is -6.94. The monoisotopic (exact) mass is 1160 g/mol. The van der Waals surface area contributed by atoms with Gasteiger partial charge in [0.15, 0.2) is 5.96 Å². The molecule has 2 aromatic rings. The van der Waals surface area contributed by atoms with Gasteiger partial charge in [-0.1, -0.05) is 60.7 Å². The molecule has 2 rings (SSSR count). The van der Waals surface area contributed by atoms with Crippen LogP contribution in [-0.4, -0.2) is 182 Å². The van der Waals surface area contributed by atoms with E-state index in [-0.39, 0.29) is 44.6 Å². The summed E-state index contributed by atoms with van der Waals surface area (Å²) in [6, 6.07) is 0.361. The maximum absolute atomic E-state index is 14.2. The minimum atomic E-state index is -2.01. The van der Waals surface area contributed by atoms with Crippen molar-refractivity contribution in [2.75, 3.05) is 13.2 Å². The van der Waals surface area contributed by atoms with Gasteiger partial charge in [0.25, 0.3) is 0 Å². The molecule has 0 saturated carbocycles. The third kappa shape index (κ3) is 26.1. The standard InChI is InChI=1S/C50H72N14O18/c1-25(66)40(48(80)62-33(22-27-11-6-3-7-12-27)44(76)59-31(49(81)82)13-8-20-56-50(54)55)64-47(79)35(24-65)63-46(78)34(23-37(53)68)61-45(77)32(21-26-9-4-2-5-10-26)60-43(75)29(15-17-36(52)67)58-42(74)30(16-19-39(71)72)57-41(73)28(51)14-18-38(69)70/h2-7,9-12,25,28-35,40,65-66H,8,13-24,51H2,1H3,(H2,52,67)(H2,53,68)(H,57,73)(H,58,74)(H,59,76)(H,60,75)(H,61,77)(H,62,80)(H,63,78)(H,64,79)(H,69,70)(H,71,72)(H,81,82)(H4,54,55,56)/t25-,28+,29+,30+,31+,32+,33+,34+,35+,40+/m1/s1. The Balaban J connectivity index is 2.43. The van der Waals surface area contributed by atoms with Crippen LogP contribution in [0.3, 0.4) is 0 Å². The Labute approximate surface area is 468 Å². The second-order valence-corrected chi connectivity index (χ2v) is 18.7. The summed E-state index contributed by atoms with van der Waals surface area (Å²) in [5.74, 6) is -16.0. The number of rotatable bonds is 38. The quantitative estimate of drug-likeness (QED) is 0.0169. The minimum Gasteiger partial charge on any atom is -0.481 e. The van der Waals surface area contributed by atoms with E-state index < -0.39 is 183 Å². The molecular formula is C50H72N14O18.